The van der Waals surface area contributed by atoms with Crippen LogP contribution in [0.2, 0.25) is 4.34 Å². The molecule has 0 aliphatic heterocycles. The molecule has 1 heterocycles. The first-order valence-corrected chi connectivity index (χ1v) is 7.02. The fourth-order valence-corrected chi connectivity index (χ4v) is 2.49. The third kappa shape index (κ3) is 3.98. The van der Waals surface area contributed by atoms with E-state index in [4.69, 9.17) is 21.1 Å². The number of hydrogen-bond acceptors (Lipinski definition) is 4. The summed E-state index contributed by atoms with van der Waals surface area (Å²) in [5.41, 5.74) is 0.522. The van der Waals surface area contributed by atoms with Crippen LogP contribution in [0.15, 0.2) is 36.4 Å². The Morgan fingerprint density at radius 2 is 1.95 bits per heavy atom. The molecule has 0 saturated carbocycles. The highest BCUT2D eigenvalue weighted by molar-refractivity contribution is 7.16. The SMILES string of the molecule is CCOC(=O)c1ccc(OCc2ccc(Cl)s2)cc1. The van der Waals surface area contributed by atoms with E-state index in [9.17, 15) is 4.79 Å². The molecule has 0 bridgehead atoms. The molecular weight excluding hydrogens is 284 g/mol. The molecule has 0 amide bonds. The first-order valence-electron chi connectivity index (χ1n) is 5.83. The van der Waals surface area contributed by atoms with Gasteiger partial charge < -0.3 is 9.47 Å². The highest BCUT2D eigenvalue weighted by Crippen LogP contribution is 2.23. The van der Waals surface area contributed by atoms with Crippen molar-refractivity contribution in [3.8, 4) is 5.75 Å². The van der Waals surface area contributed by atoms with Gasteiger partial charge >= 0.3 is 5.97 Å². The van der Waals surface area contributed by atoms with Gasteiger partial charge in [0.2, 0.25) is 0 Å². The smallest absolute Gasteiger partial charge is 0.338 e. The van der Waals surface area contributed by atoms with Crippen LogP contribution in [-0.4, -0.2) is 12.6 Å². The number of rotatable bonds is 5. The quantitative estimate of drug-likeness (QED) is 0.777. The van der Waals surface area contributed by atoms with E-state index in [-0.39, 0.29) is 5.97 Å². The first kappa shape index (κ1) is 13.9. The van der Waals surface area contributed by atoms with E-state index in [1.165, 1.54) is 11.3 Å². The van der Waals surface area contributed by atoms with Crippen LogP contribution in [0.3, 0.4) is 0 Å². The Labute approximate surface area is 120 Å². The zero-order chi connectivity index (χ0) is 13.7. The summed E-state index contributed by atoms with van der Waals surface area (Å²) in [7, 11) is 0. The van der Waals surface area contributed by atoms with Gasteiger partial charge in [0, 0.05) is 4.88 Å². The summed E-state index contributed by atoms with van der Waals surface area (Å²) in [6.07, 6.45) is 0. The maximum Gasteiger partial charge on any atom is 0.338 e. The minimum Gasteiger partial charge on any atom is -0.488 e. The second-order valence-corrected chi connectivity index (χ2v) is 5.54. The van der Waals surface area contributed by atoms with Gasteiger partial charge in [-0.3, -0.25) is 0 Å². The molecule has 0 atom stereocenters. The summed E-state index contributed by atoms with van der Waals surface area (Å²) in [5, 5.41) is 0. The van der Waals surface area contributed by atoms with Crippen LogP contribution in [0.4, 0.5) is 0 Å². The van der Waals surface area contributed by atoms with E-state index in [1.54, 1.807) is 31.2 Å². The topological polar surface area (TPSA) is 35.5 Å². The number of halogens is 1. The van der Waals surface area contributed by atoms with Crippen molar-refractivity contribution in [1.29, 1.82) is 0 Å². The minimum absolute atomic E-state index is 0.320. The van der Waals surface area contributed by atoms with Crippen LogP contribution in [0.1, 0.15) is 22.2 Å². The Hall–Kier alpha value is -1.52. The molecule has 1 aromatic heterocycles. The summed E-state index contributed by atoms with van der Waals surface area (Å²) >= 11 is 7.33. The predicted molar refractivity (Wildman–Crippen MR) is 76.1 cm³/mol. The van der Waals surface area contributed by atoms with Crippen molar-refractivity contribution in [3.63, 3.8) is 0 Å². The Bertz CT molecular complexity index is 548. The number of hydrogen-bond donors (Lipinski definition) is 0. The summed E-state index contributed by atoms with van der Waals surface area (Å²) in [4.78, 5) is 12.5. The first-order chi connectivity index (χ1) is 9.19. The molecular formula is C14H13ClO3S. The Morgan fingerprint density at radius 1 is 1.21 bits per heavy atom. The second-order valence-electron chi connectivity index (χ2n) is 3.74. The van der Waals surface area contributed by atoms with Crippen molar-refractivity contribution >= 4 is 28.9 Å². The van der Waals surface area contributed by atoms with Gasteiger partial charge in [-0.15, -0.1) is 11.3 Å². The molecule has 0 radical (unpaired) electrons. The fraction of sp³-hybridized carbons (Fsp3) is 0.214. The maximum absolute atomic E-state index is 11.5. The minimum atomic E-state index is -0.320. The lowest BCUT2D eigenvalue weighted by molar-refractivity contribution is 0.0526. The molecule has 3 nitrogen and oxygen atoms in total. The maximum atomic E-state index is 11.5. The molecule has 5 heteroatoms. The second kappa shape index (κ2) is 6.59. The number of benzene rings is 1. The van der Waals surface area contributed by atoms with Crippen LogP contribution in [-0.2, 0) is 11.3 Å². The van der Waals surface area contributed by atoms with E-state index >= 15 is 0 Å². The molecule has 0 aliphatic carbocycles. The Balaban J connectivity index is 1.93. The van der Waals surface area contributed by atoms with E-state index in [2.05, 4.69) is 0 Å². The van der Waals surface area contributed by atoms with E-state index in [0.717, 1.165) is 9.21 Å². The zero-order valence-electron chi connectivity index (χ0n) is 10.4. The molecule has 100 valence electrons. The van der Waals surface area contributed by atoms with Crippen LogP contribution in [0.25, 0.3) is 0 Å². The largest absolute Gasteiger partial charge is 0.488 e. The number of thiophene rings is 1. The monoisotopic (exact) mass is 296 g/mol. The molecule has 0 fully saturated rings. The van der Waals surface area contributed by atoms with Gasteiger partial charge in [0.05, 0.1) is 16.5 Å². The van der Waals surface area contributed by atoms with Crippen LogP contribution in [0.5, 0.6) is 5.75 Å². The van der Waals surface area contributed by atoms with Crippen molar-refractivity contribution in [2.24, 2.45) is 0 Å². The van der Waals surface area contributed by atoms with E-state index in [1.807, 2.05) is 12.1 Å². The molecule has 2 aromatic rings. The summed E-state index contributed by atoms with van der Waals surface area (Å²) in [6, 6.07) is 10.7. The van der Waals surface area contributed by atoms with Crippen molar-refractivity contribution < 1.29 is 14.3 Å². The van der Waals surface area contributed by atoms with Gasteiger partial charge in [-0.25, -0.2) is 4.79 Å². The van der Waals surface area contributed by atoms with Gasteiger partial charge in [0.25, 0.3) is 0 Å². The molecule has 0 aliphatic rings. The average molecular weight is 297 g/mol. The number of carbonyl (C=O) groups is 1. The lowest BCUT2D eigenvalue weighted by atomic mass is 10.2. The lowest BCUT2D eigenvalue weighted by Gasteiger charge is -2.06. The van der Waals surface area contributed by atoms with Crippen LogP contribution >= 0.6 is 22.9 Å². The van der Waals surface area contributed by atoms with E-state index in [0.29, 0.717) is 24.5 Å². The molecule has 0 saturated heterocycles. The van der Waals surface area contributed by atoms with E-state index < -0.39 is 0 Å². The van der Waals surface area contributed by atoms with Gasteiger partial charge in [-0.2, -0.15) is 0 Å². The average Bonchev–Trinajstić information content (AvgIpc) is 2.83. The normalized spacial score (nSPS) is 10.2. The van der Waals surface area contributed by atoms with Crippen molar-refractivity contribution in [1.82, 2.24) is 0 Å². The van der Waals surface area contributed by atoms with Crippen molar-refractivity contribution in [2.45, 2.75) is 13.5 Å². The van der Waals surface area contributed by atoms with Gasteiger partial charge in [0.1, 0.15) is 12.4 Å². The molecule has 0 N–H and O–H groups in total. The third-order valence-corrected chi connectivity index (χ3v) is 3.58. The molecule has 19 heavy (non-hydrogen) atoms. The van der Waals surface area contributed by atoms with Gasteiger partial charge in [-0.1, -0.05) is 11.6 Å². The standard InChI is InChI=1S/C14H13ClO3S/c1-2-17-14(16)10-3-5-11(6-4-10)18-9-12-7-8-13(15)19-12/h3-8H,2,9H2,1H3. The Kier molecular flexibility index (Phi) is 4.82. The Morgan fingerprint density at radius 3 is 2.53 bits per heavy atom. The number of esters is 1. The van der Waals surface area contributed by atoms with Gasteiger partial charge in [0.15, 0.2) is 0 Å². The highest BCUT2D eigenvalue weighted by Gasteiger charge is 2.06. The summed E-state index contributed by atoms with van der Waals surface area (Å²) in [5.74, 6) is 0.386. The van der Waals surface area contributed by atoms with Crippen LogP contribution in [0, 0.1) is 0 Å². The number of ether oxygens (including phenoxy) is 2. The molecule has 1 aromatic carbocycles. The number of carbonyl (C=O) groups excluding carboxylic acids is 1. The lowest BCUT2D eigenvalue weighted by Crippen LogP contribution is -2.04. The third-order valence-electron chi connectivity index (χ3n) is 2.38. The molecule has 0 spiro atoms. The molecule has 2 rings (SSSR count). The van der Waals surface area contributed by atoms with Crippen molar-refractivity contribution in [3.05, 3.63) is 51.2 Å². The predicted octanol–water partition coefficient (Wildman–Crippen LogP) is 4.16. The van der Waals surface area contributed by atoms with Crippen LogP contribution < -0.4 is 4.74 Å². The molecule has 0 unspecified atom stereocenters. The summed E-state index contributed by atoms with van der Waals surface area (Å²) < 4.78 is 11.3. The van der Waals surface area contributed by atoms with Gasteiger partial charge in [-0.05, 0) is 43.3 Å². The zero-order valence-corrected chi connectivity index (χ0v) is 12.0. The highest BCUT2D eigenvalue weighted by atomic mass is 35.5. The summed E-state index contributed by atoms with van der Waals surface area (Å²) in [6.45, 7) is 2.62. The fourth-order valence-electron chi connectivity index (χ4n) is 1.49. The van der Waals surface area contributed by atoms with Crippen molar-refractivity contribution in [2.75, 3.05) is 6.61 Å².